The van der Waals surface area contributed by atoms with Gasteiger partial charge in [-0.25, -0.2) is 4.98 Å². The lowest BCUT2D eigenvalue weighted by Gasteiger charge is -2.10. The van der Waals surface area contributed by atoms with Crippen LogP contribution in [-0.2, 0) is 6.54 Å². The summed E-state index contributed by atoms with van der Waals surface area (Å²) in [7, 11) is 0. The van der Waals surface area contributed by atoms with E-state index in [1.807, 2.05) is 6.92 Å². The van der Waals surface area contributed by atoms with Crippen LogP contribution in [0, 0.1) is 13.8 Å². The summed E-state index contributed by atoms with van der Waals surface area (Å²) >= 11 is 13.6. The Kier molecular flexibility index (Phi) is 3.92. The van der Waals surface area contributed by atoms with Gasteiger partial charge in [0, 0.05) is 16.3 Å². The van der Waals surface area contributed by atoms with Crippen LogP contribution in [0.5, 0.6) is 0 Å². The van der Waals surface area contributed by atoms with E-state index in [0.29, 0.717) is 10.3 Å². The molecule has 0 amide bonds. The molecule has 2 nitrogen and oxygen atoms in total. The molecule has 0 radical (unpaired) electrons. The number of anilines is 1. The van der Waals surface area contributed by atoms with Crippen molar-refractivity contribution >= 4 is 40.2 Å². The van der Waals surface area contributed by atoms with Crippen LogP contribution in [0.4, 0.5) is 5.69 Å². The van der Waals surface area contributed by atoms with E-state index in [9.17, 15) is 0 Å². The first-order valence-electron chi connectivity index (χ1n) is 5.18. The van der Waals surface area contributed by atoms with Crippen LogP contribution in [0.2, 0.25) is 10.3 Å². The highest BCUT2D eigenvalue weighted by molar-refractivity contribution is 7.11. The first kappa shape index (κ1) is 12.7. The third kappa shape index (κ3) is 3.12. The van der Waals surface area contributed by atoms with Gasteiger partial charge in [0.05, 0.1) is 5.69 Å². The second-order valence-corrected chi connectivity index (χ2v) is 5.91. The van der Waals surface area contributed by atoms with Crippen LogP contribution in [0.3, 0.4) is 0 Å². The number of aromatic nitrogens is 1. The predicted molar refractivity (Wildman–Crippen MR) is 75.4 cm³/mol. The average Bonchev–Trinajstić information content (AvgIpc) is 2.62. The Morgan fingerprint density at radius 2 is 2.06 bits per heavy atom. The number of thiophene rings is 1. The van der Waals surface area contributed by atoms with E-state index in [-0.39, 0.29) is 0 Å². The largest absolute Gasteiger partial charge is 0.377 e. The molecule has 2 aromatic heterocycles. The summed E-state index contributed by atoms with van der Waals surface area (Å²) in [6.45, 7) is 4.81. The predicted octanol–water partition coefficient (Wildman–Crippen LogP) is 4.68. The van der Waals surface area contributed by atoms with Gasteiger partial charge in [0.1, 0.15) is 5.15 Å². The van der Waals surface area contributed by atoms with Crippen molar-refractivity contribution in [3.05, 3.63) is 43.8 Å². The number of hydrogen-bond acceptors (Lipinski definition) is 3. The minimum atomic E-state index is 0.420. The molecule has 0 atom stereocenters. The van der Waals surface area contributed by atoms with E-state index in [2.05, 4.69) is 29.4 Å². The smallest absolute Gasteiger partial charge is 0.154 e. The molecule has 0 aliphatic heterocycles. The highest BCUT2D eigenvalue weighted by atomic mass is 35.5. The zero-order valence-corrected chi connectivity index (χ0v) is 11.9. The number of rotatable bonds is 3. The number of pyridine rings is 1. The molecule has 1 N–H and O–H groups in total. The molecule has 0 fully saturated rings. The molecule has 0 saturated heterocycles. The molecule has 0 aliphatic rings. The van der Waals surface area contributed by atoms with Crippen LogP contribution in [0.15, 0.2) is 18.2 Å². The average molecular weight is 287 g/mol. The summed E-state index contributed by atoms with van der Waals surface area (Å²) < 4.78 is 0. The molecular formula is C12H12Cl2N2S. The molecule has 0 aromatic carbocycles. The van der Waals surface area contributed by atoms with E-state index < -0.39 is 0 Å². The van der Waals surface area contributed by atoms with Gasteiger partial charge in [0.25, 0.3) is 0 Å². The molecule has 0 aliphatic carbocycles. The molecule has 90 valence electrons. The van der Waals surface area contributed by atoms with Crippen molar-refractivity contribution in [2.45, 2.75) is 20.4 Å². The summed E-state index contributed by atoms with van der Waals surface area (Å²) in [5.74, 6) is 0. The van der Waals surface area contributed by atoms with Gasteiger partial charge < -0.3 is 5.32 Å². The number of halogens is 2. The van der Waals surface area contributed by atoms with E-state index in [1.54, 1.807) is 17.4 Å². The third-order valence-corrected chi connectivity index (χ3v) is 3.84. The maximum atomic E-state index is 6.05. The molecule has 0 unspecified atom stereocenters. The third-order valence-electron chi connectivity index (χ3n) is 2.38. The lowest BCUT2D eigenvalue weighted by molar-refractivity contribution is 1.16. The van der Waals surface area contributed by atoms with Gasteiger partial charge >= 0.3 is 0 Å². The van der Waals surface area contributed by atoms with Crippen LogP contribution in [-0.4, -0.2) is 4.98 Å². The number of nitrogens with zero attached hydrogens (tertiary/aromatic N) is 1. The molecular weight excluding hydrogens is 275 g/mol. The van der Waals surface area contributed by atoms with Crippen LogP contribution in [0.1, 0.15) is 15.3 Å². The first-order valence-corrected chi connectivity index (χ1v) is 6.75. The molecule has 0 spiro atoms. The van der Waals surface area contributed by atoms with Crippen molar-refractivity contribution in [2.24, 2.45) is 0 Å². The van der Waals surface area contributed by atoms with Gasteiger partial charge in [-0.3, -0.25) is 0 Å². The zero-order valence-electron chi connectivity index (χ0n) is 9.55. The normalized spacial score (nSPS) is 10.6. The van der Waals surface area contributed by atoms with E-state index in [4.69, 9.17) is 23.2 Å². The van der Waals surface area contributed by atoms with Gasteiger partial charge in [0.15, 0.2) is 5.15 Å². The van der Waals surface area contributed by atoms with Crippen molar-refractivity contribution in [1.82, 2.24) is 4.98 Å². The first-order chi connectivity index (χ1) is 8.06. The van der Waals surface area contributed by atoms with Crippen LogP contribution >= 0.6 is 34.5 Å². The quantitative estimate of drug-likeness (QED) is 0.829. The van der Waals surface area contributed by atoms with Crippen molar-refractivity contribution in [1.29, 1.82) is 0 Å². The second-order valence-electron chi connectivity index (χ2n) is 3.79. The van der Waals surface area contributed by atoms with Crippen molar-refractivity contribution in [3.8, 4) is 0 Å². The molecule has 2 aromatic rings. The molecule has 2 rings (SSSR count). The van der Waals surface area contributed by atoms with Gasteiger partial charge in [-0.15, -0.1) is 11.3 Å². The van der Waals surface area contributed by atoms with Gasteiger partial charge in [-0.2, -0.15) is 0 Å². The fourth-order valence-electron chi connectivity index (χ4n) is 1.56. The second kappa shape index (κ2) is 5.25. The summed E-state index contributed by atoms with van der Waals surface area (Å²) in [6, 6.07) is 6.02. The highest BCUT2D eigenvalue weighted by Crippen LogP contribution is 2.27. The Balaban J connectivity index is 2.14. The molecule has 17 heavy (non-hydrogen) atoms. The minimum Gasteiger partial charge on any atom is -0.377 e. The monoisotopic (exact) mass is 286 g/mol. The van der Waals surface area contributed by atoms with Gasteiger partial charge in [0.2, 0.25) is 0 Å². The maximum absolute atomic E-state index is 6.05. The Bertz CT molecular complexity index is 514. The highest BCUT2D eigenvalue weighted by Gasteiger charge is 2.07. The molecule has 2 heterocycles. The lowest BCUT2D eigenvalue weighted by atomic mass is 10.2. The van der Waals surface area contributed by atoms with Gasteiger partial charge in [-0.1, -0.05) is 23.2 Å². The van der Waals surface area contributed by atoms with E-state index in [1.165, 1.54) is 9.75 Å². The molecule has 0 saturated carbocycles. The maximum Gasteiger partial charge on any atom is 0.154 e. The number of aryl methyl sites for hydroxylation is 2. The van der Waals surface area contributed by atoms with Crippen molar-refractivity contribution in [3.63, 3.8) is 0 Å². The van der Waals surface area contributed by atoms with E-state index in [0.717, 1.165) is 17.8 Å². The summed E-state index contributed by atoms with van der Waals surface area (Å²) in [5, 5.41) is 4.14. The zero-order chi connectivity index (χ0) is 12.4. The minimum absolute atomic E-state index is 0.420. The van der Waals surface area contributed by atoms with Crippen LogP contribution in [0.25, 0.3) is 0 Å². The standard InChI is InChI=1S/C12H12Cl2N2S/c1-7-5-10(13)16-12(14)11(7)15-6-9-4-3-8(2)17-9/h3-5,15H,6H2,1-2H3. The Morgan fingerprint density at radius 1 is 1.29 bits per heavy atom. The fraction of sp³-hybridized carbons (Fsp3) is 0.250. The SMILES string of the molecule is Cc1ccc(CNc2c(C)cc(Cl)nc2Cl)s1. The molecule has 5 heteroatoms. The van der Waals surface area contributed by atoms with E-state index >= 15 is 0 Å². The lowest BCUT2D eigenvalue weighted by Crippen LogP contribution is -2.01. The van der Waals surface area contributed by atoms with Crippen LogP contribution < -0.4 is 5.32 Å². The number of nitrogens with one attached hydrogen (secondary N) is 1. The summed E-state index contributed by atoms with van der Waals surface area (Å²) in [5.41, 5.74) is 1.85. The van der Waals surface area contributed by atoms with Crippen molar-refractivity contribution in [2.75, 3.05) is 5.32 Å². The topological polar surface area (TPSA) is 24.9 Å². The molecule has 0 bridgehead atoms. The Labute approximate surface area is 115 Å². The summed E-state index contributed by atoms with van der Waals surface area (Å²) in [6.07, 6.45) is 0. The van der Waals surface area contributed by atoms with Gasteiger partial charge in [-0.05, 0) is 37.6 Å². The Morgan fingerprint density at radius 3 is 2.65 bits per heavy atom. The van der Waals surface area contributed by atoms with Crippen molar-refractivity contribution < 1.29 is 0 Å². The summed E-state index contributed by atoms with van der Waals surface area (Å²) in [4.78, 5) is 6.60. The number of hydrogen-bond donors (Lipinski definition) is 1. The Hall–Kier alpha value is -0.770. The fourth-order valence-corrected chi connectivity index (χ4v) is 2.99.